The molecule has 0 bridgehead atoms. The van der Waals surface area contributed by atoms with Crippen molar-refractivity contribution in [1.29, 1.82) is 0 Å². The number of nitrogens with one attached hydrogen (secondary N) is 1. The van der Waals surface area contributed by atoms with Crippen LogP contribution in [0.3, 0.4) is 0 Å². The Bertz CT molecular complexity index is 323. The first-order valence-electron chi connectivity index (χ1n) is 5.18. The van der Waals surface area contributed by atoms with Crippen molar-refractivity contribution in [2.45, 2.75) is 25.8 Å². The summed E-state index contributed by atoms with van der Waals surface area (Å²) >= 11 is 0. The Labute approximate surface area is 82.9 Å². The van der Waals surface area contributed by atoms with Crippen LogP contribution in [0, 0.1) is 5.92 Å². The summed E-state index contributed by atoms with van der Waals surface area (Å²) in [5.41, 5.74) is 0.0667. The van der Waals surface area contributed by atoms with Gasteiger partial charge in [0, 0.05) is 32.0 Å². The van der Waals surface area contributed by atoms with Gasteiger partial charge in [-0.15, -0.1) is 0 Å². The van der Waals surface area contributed by atoms with Crippen molar-refractivity contribution in [3.8, 4) is 0 Å². The van der Waals surface area contributed by atoms with Crippen LogP contribution in [0.15, 0.2) is 17.1 Å². The van der Waals surface area contributed by atoms with Crippen molar-refractivity contribution >= 4 is 0 Å². The Morgan fingerprint density at radius 1 is 1.50 bits per heavy atom. The molecule has 4 nitrogen and oxygen atoms in total. The predicted octanol–water partition coefficient (Wildman–Crippen LogP) is 0.993. The zero-order chi connectivity index (χ0) is 9.80. The van der Waals surface area contributed by atoms with Crippen LogP contribution in [0.2, 0.25) is 0 Å². The van der Waals surface area contributed by atoms with E-state index in [2.05, 4.69) is 5.10 Å². The van der Waals surface area contributed by atoms with E-state index in [1.165, 1.54) is 0 Å². The first-order valence-corrected chi connectivity index (χ1v) is 5.18. The van der Waals surface area contributed by atoms with E-state index in [9.17, 15) is 4.79 Å². The topological polar surface area (TPSA) is 47.0 Å². The van der Waals surface area contributed by atoms with Gasteiger partial charge in [0.2, 0.25) is 0 Å². The van der Waals surface area contributed by atoms with E-state index >= 15 is 0 Å². The van der Waals surface area contributed by atoms with Crippen molar-refractivity contribution in [2.75, 3.05) is 13.2 Å². The summed E-state index contributed by atoms with van der Waals surface area (Å²) in [5, 5.41) is 2.92. The third-order valence-corrected chi connectivity index (χ3v) is 2.82. The predicted molar refractivity (Wildman–Crippen MR) is 53.2 cm³/mol. The van der Waals surface area contributed by atoms with E-state index in [-0.39, 0.29) is 5.56 Å². The average molecular weight is 196 g/mol. The molecule has 1 N–H and O–H groups in total. The van der Waals surface area contributed by atoms with Crippen molar-refractivity contribution in [2.24, 2.45) is 5.92 Å². The number of rotatable bonds is 3. The van der Waals surface area contributed by atoms with E-state index in [0.717, 1.165) is 44.9 Å². The second-order valence-corrected chi connectivity index (χ2v) is 3.80. The van der Waals surface area contributed by atoms with E-state index in [1.54, 1.807) is 16.9 Å². The molecule has 0 radical (unpaired) electrons. The van der Waals surface area contributed by atoms with Gasteiger partial charge in [-0.3, -0.25) is 9.48 Å². The summed E-state index contributed by atoms with van der Waals surface area (Å²) in [6.07, 6.45) is 5.03. The lowest BCUT2D eigenvalue weighted by atomic mass is 9.97. The third-order valence-electron chi connectivity index (χ3n) is 2.82. The summed E-state index contributed by atoms with van der Waals surface area (Å²) in [5.74, 6) is 0.721. The molecule has 14 heavy (non-hydrogen) atoms. The SMILES string of the molecule is O=c1cc[nH]n1CCC1CCOCC1. The van der Waals surface area contributed by atoms with Crippen molar-refractivity contribution in [1.82, 2.24) is 9.78 Å². The molecular formula is C10H16N2O2. The van der Waals surface area contributed by atoms with Crippen LogP contribution in [-0.4, -0.2) is 23.0 Å². The molecule has 78 valence electrons. The van der Waals surface area contributed by atoms with E-state index < -0.39 is 0 Å². The summed E-state index contributed by atoms with van der Waals surface area (Å²) < 4.78 is 6.95. The van der Waals surface area contributed by atoms with Crippen molar-refractivity contribution in [3.05, 3.63) is 22.6 Å². The van der Waals surface area contributed by atoms with Gasteiger partial charge in [-0.25, -0.2) is 0 Å². The van der Waals surface area contributed by atoms with Gasteiger partial charge in [-0.1, -0.05) is 0 Å². The fourth-order valence-electron chi connectivity index (χ4n) is 1.87. The minimum atomic E-state index is 0.0667. The molecule has 0 aromatic carbocycles. The lowest BCUT2D eigenvalue weighted by Crippen LogP contribution is -2.21. The molecule has 2 rings (SSSR count). The van der Waals surface area contributed by atoms with Crippen LogP contribution in [0.25, 0.3) is 0 Å². The number of H-pyrrole nitrogens is 1. The molecule has 1 fully saturated rings. The van der Waals surface area contributed by atoms with Crippen molar-refractivity contribution in [3.63, 3.8) is 0 Å². The number of hydrogen-bond acceptors (Lipinski definition) is 2. The summed E-state index contributed by atoms with van der Waals surface area (Å²) in [7, 11) is 0. The van der Waals surface area contributed by atoms with Crippen LogP contribution in [0.1, 0.15) is 19.3 Å². The molecule has 0 amide bonds. The minimum Gasteiger partial charge on any atom is -0.381 e. The lowest BCUT2D eigenvalue weighted by molar-refractivity contribution is 0.0622. The quantitative estimate of drug-likeness (QED) is 0.783. The number of nitrogens with zero attached hydrogens (tertiary/aromatic N) is 1. The normalized spacial score (nSPS) is 18.6. The smallest absolute Gasteiger partial charge is 0.266 e. The Morgan fingerprint density at radius 2 is 2.29 bits per heavy atom. The summed E-state index contributed by atoms with van der Waals surface area (Å²) in [6.45, 7) is 2.56. The molecule has 0 atom stereocenters. The number of ether oxygens (including phenoxy) is 1. The minimum absolute atomic E-state index is 0.0667. The highest BCUT2D eigenvalue weighted by atomic mass is 16.5. The maximum Gasteiger partial charge on any atom is 0.266 e. The van der Waals surface area contributed by atoms with Gasteiger partial charge in [-0.05, 0) is 25.2 Å². The van der Waals surface area contributed by atoms with E-state index in [1.807, 2.05) is 0 Å². The molecule has 0 spiro atoms. The van der Waals surface area contributed by atoms with E-state index in [4.69, 9.17) is 4.74 Å². The second-order valence-electron chi connectivity index (χ2n) is 3.80. The first-order chi connectivity index (χ1) is 6.86. The van der Waals surface area contributed by atoms with Gasteiger partial charge in [0.25, 0.3) is 5.56 Å². The first kappa shape index (κ1) is 9.52. The highest BCUT2D eigenvalue weighted by Gasteiger charge is 2.13. The van der Waals surface area contributed by atoms with Gasteiger partial charge >= 0.3 is 0 Å². The second kappa shape index (κ2) is 4.46. The fourth-order valence-corrected chi connectivity index (χ4v) is 1.87. The van der Waals surface area contributed by atoms with E-state index in [0.29, 0.717) is 0 Å². The number of hydrogen-bond donors (Lipinski definition) is 1. The Hall–Kier alpha value is -1.03. The van der Waals surface area contributed by atoms with Gasteiger partial charge in [-0.2, -0.15) is 0 Å². The van der Waals surface area contributed by atoms with Crippen LogP contribution in [0.5, 0.6) is 0 Å². The maximum atomic E-state index is 11.2. The Balaban J connectivity index is 1.82. The molecule has 1 aliphatic heterocycles. The molecule has 1 saturated heterocycles. The summed E-state index contributed by atoms with van der Waals surface area (Å²) in [4.78, 5) is 11.2. The molecule has 0 unspecified atom stereocenters. The summed E-state index contributed by atoms with van der Waals surface area (Å²) in [6, 6.07) is 1.56. The average Bonchev–Trinajstić information content (AvgIpc) is 2.63. The number of aromatic amines is 1. The Kier molecular flexibility index (Phi) is 3.03. The number of aryl methyl sites for hydroxylation is 1. The Morgan fingerprint density at radius 3 is 2.93 bits per heavy atom. The third kappa shape index (κ3) is 2.26. The van der Waals surface area contributed by atoms with Crippen molar-refractivity contribution < 1.29 is 4.74 Å². The van der Waals surface area contributed by atoms with Crippen LogP contribution in [-0.2, 0) is 11.3 Å². The lowest BCUT2D eigenvalue weighted by Gasteiger charge is -2.21. The van der Waals surface area contributed by atoms with Crippen LogP contribution in [0.4, 0.5) is 0 Å². The van der Waals surface area contributed by atoms with Gasteiger partial charge < -0.3 is 9.84 Å². The number of aromatic nitrogens is 2. The monoisotopic (exact) mass is 196 g/mol. The molecule has 2 heterocycles. The largest absolute Gasteiger partial charge is 0.381 e. The highest BCUT2D eigenvalue weighted by molar-refractivity contribution is 4.80. The molecule has 0 aliphatic carbocycles. The molecule has 0 saturated carbocycles. The highest BCUT2D eigenvalue weighted by Crippen LogP contribution is 2.18. The zero-order valence-corrected chi connectivity index (χ0v) is 8.24. The molecule has 4 heteroatoms. The van der Waals surface area contributed by atoms with Crippen LogP contribution < -0.4 is 5.56 Å². The van der Waals surface area contributed by atoms with Gasteiger partial charge in [0.1, 0.15) is 0 Å². The zero-order valence-electron chi connectivity index (χ0n) is 8.24. The molecular weight excluding hydrogens is 180 g/mol. The maximum absolute atomic E-state index is 11.2. The van der Waals surface area contributed by atoms with Crippen LogP contribution >= 0.6 is 0 Å². The van der Waals surface area contributed by atoms with Gasteiger partial charge in [0.15, 0.2) is 0 Å². The molecule has 1 aromatic heterocycles. The van der Waals surface area contributed by atoms with Gasteiger partial charge in [0.05, 0.1) is 0 Å². The standard InChI is InChI=1S/C10H16N2O2/c13-10-1-5-11-12(10)6-2-9-3-7-14-8-4-9/h1,5,9,11H,2-4,6-8H2. The fraction of sp³-hybridized carbons (Fsp3) is 0.700. The molecule has 1 aliphatic rings. The molecule has 1 aromatic rings.